The van der Waals surface area contributed by atoms with E-state index in [4.69, 9.17) is 4.52 Å². The van der Waals surface area contributed by atoms with Crippen LogP contribution in [0, 0.1) is 13.8 Å². The zero-order chi connectivity index (χ0) is 18.5. The van der Waals surface area contributed by atoms with Crippen molar-refractivity contribution in [1.29, 1.82) is 0 Å². The SMILES string of the molecule is Cc1noc(C)c1CC(=O)NCCn1nc(-c2ccccc2)ccc1=O. The molecular formula is C19H20N4O3. The summed E-state index contributed by atoms with van der Waals surface area (Å²) in [7, 11) is 0. The summed E-state index contributed by atoms with van der Waals surface area (Å²) in [5.74, 6) is 0.498. The lowest BCUT2D eigenvalue weighted by molar-refractivity contribution is -0.120. The number of carbonyl (C=O) groups is 1. The van der Waals surface area contributed by atoms with E-state index in [9.17, 15) is 9.59 Å². The highest BCUT2D eigenvalue weighted by atomic mass is 16.5. The van der Waals surface area contributed by atoms with Gasteiger partial charge in [-0.05, 0) is 19.9 Å². The van der Waals surface area contributed by atoms with E-state index in [2.05, 4.69) is 15.6 Å². The molecule has 134 valence electrons. The van der Waals surface area contributed by atoms with Gasteiger partial charge in [0.1, 0.15) is 5.76 Å². The van der Waals surface area contributed by atoms with Gasteiger partial charge in [0.25, 0.3) is 5.56 Å². The van der Waals surface area contributed by atoms with Crippen LogP contribution in [0.25, 0.3) is 11.3 Å². The van der Waals surface area contributed by atoms with Crippen LogP contribution in [0.3, 0.4) is 0 Å². The third-order valence-electron chi connectivity index (χ3n) is 4.10. The van der Waals surface area contributed by atoms with E-state index in [-0.39, 0.29) is 17.9 Å². The normalized spacial score (nSPS) is 10.7. The van der Waals surface area contributed by atoms with Gasteiger partial charge in [-0.3, -0.25) is 9.59 Å². The Hall–Kier alpha value is -3.22. The Bertz CT molecular complexity index is 941. The van der Waals surface area contributed by atoms with E-state index in [0.29, 0.717) is 30.2 Å². The van der Waals surface area contributed by atoms with Crippen molar-refractivity contribution >= 4 is 5.91 Å². The van der Waals surface area contributed by atoms with Crippen LogP contribution in [0.2, 0.25) is 0 Å². The summed E-state index contributed by atoms with van der Waals surface area (Å²) in [6, 6.07) is 12.8. The van der Waals surface area contributed by atoms with Gasteiger partial charge in [-0.15, -0.1) is 0 Å². The van der Waals surface area contributed by atoms with Crippen molar-refractivity contribution in [3.05, 3.63) is 69.8 Å². The van der Waals surface area contributed by atoms with Crippen LogP contribution < -0.4 is 10.9 Å². The quantitative estimate of drug-likeness (QED) is 0.731. The zero-order valence-electron chi connectivity index (χ0n) is 14.7. The minimum absolute atomic E-state index is 0.147. The molecule has 7 nitrogen and oxygen atoms in total. The van der Waals surface area contributed by atoms with Crippen LogP contribution in [0.4, 0.5) is 0 Å². The number of nitrogens with zero attached hydrogens (tertiary/aromatic N) is 3. The van der Waals surface area contributed by atoms with E-state index in [1.165, 1.54) is 10.7 Å². The first-order valence-electron chi connectivity index (χ1n) is 8.36. The third kappa shape index (κ3) is 4.05. The molecule has 0 spiro atoms. The second-order valence-corrected chi connectivity index (χ2v) is 5.98. The summed E-state index contributed by atoms with van der Waals surface area (Å²) in [4.78, 5) is 24.1. The van der Waals surface area contributed by atoms with E-state index >= 15 is 0 Å². The summed E-state index contributed by atoms with van der Waals surface area (Å²) in [5.41, 5.74) is 2.95. The van der Waals surface area contributed by atoms with Gasteiger partial charge in [0.2, 0.25) is 5.91 Å². The molecular weight excluding hydrogens is 332 g/mol. The number of hydrogen-bond donors (Lipinski definition) is 1. The average Bonchev–Trinajstić information content (AvgIpc) is 2.96. The Morgan fingerprint density at radius 2 is 1.92 bits per heavy atom. The number of amides is 1. The molecule has 0 aliphatic rings. The van der Waals surface area contributed by atoms with E-state index in [1.54, 1.807) is 19.9 Å². The standard InChI is InChI=1S/C19H20N4O3/c1-13-16(14(2)26-22-13)12-18(24)20-10-11-23-19(25)9-8-17(21-23)15-6-4-3-5-7-15/h3-9H,10-12H2,1-2H3,(H,20,24). The monoisotopic (exact) mass is 352 g/mol. The van der Waals surface area contributed by atoms with Crippen molar-refractivity contribution in [2.24, 2.45) is 0 Å². The number of aryl methyl sites for hydroxylation is 2. The molecule has 1 amide bonds. The number of benzene rings is 1. The molecule has 0 unspecified atom stereocenters. The van der Waals surface area contributed by atoms with E-state index in [0.717, 1.165) is 11.1 Å². The van der Waals surface area contributed by atoms with Crippen LogP contribution in [0.15, 0.2) is 51.8 Å². The van der Waals surface area contributed by atoms with Crippen molar-refractivity contribution in [2.45, 2.75) is 26.8 Å². The van der Waals surface area contributed by atoms with Crippen LogP contribution in [-0.4, -0.2) is 27.4 Å². The molecule has 0 bridgehead atoms. The highest BCUT2D eigenvalue weighted by molar-refractivity contribution is 5.78. The Morgan fingerprint density at radius 3 is 2.62 bits per heavy atom. The lowest BCUT2D eigenvalue weighted by Crippen LogP contribution is -2.32. The van der Waals surface area contributed by atoms with Gasteiger partial charge in [0.15, 0.2) is 0 Å². The van der Waals surface area contributed by atoms with Gasteiger partial charge in [0.05, 0.1) is 24.4 Å². The van der Waals surface area contributed by atoms with Crippen LogP contribution in [-0.2, 0) is 17.8 Å². The van der Waals surface area contributed by atoms with E-state index < -0.39 is 0 Å². The maximum absolute atomic E-state index is 12.1. The van der Waals surface area contributed by atoms with Crippen molar-refractivity contribution in [2.75, 3.05) is 6.54 Å². The lowest BCUT2D eigenvalue weighted by atomic mass is 10.1. The highest BCUT2D eigenvalue weighted by Crippen LogP contribution is 2.14. The van der Waals surface area contributed by atoms with Gasteiger partial charge in [0, 0.05) is 23.7 Å². The Kier molecular flexibility index (Phi) is 5.26. The summed E-state index contributed by atoms with van der Waals surface area (Å²) < 4.78 is 6.42. The molecule has 0 saturated heterocycles. The van der Waals surface area contributed by atoms with Gasteiger partial charge in [-0.1, -0.05) is 35.5 Å². The van der Waals surface area contributed by atoms with Gasteiger partial charge < -0.3 is 9.84 Å². The zero-order valence-corrected chi connectivity index (χ0v) is 14.7. The van der Waals surface area contributed by atoms with Crippen LogP contribution in [0.5, 0.6) is 0 Å². The third-order valence-corrected chi connectivity index (χ3v) is 4.10. The fourth-order valence-corrected chi connectivity index (χ4v) is 2.65. The molecule has 0 atom stereocenters. The average molecular weight is 352 g/mol. The fraction of sp³-hybridized carbons (Fsp3) is 0.263. The first-order valence-corrected chi connectivity index (χ1v) is 8.36. The van der Waals surface area contributed by atoms with Crippen molar-refractivity contribution in [1.82, 2.24) is 20.3 Å². The second kappa shape index (κ2) is 7.77. The maximum atomic E-state index is 12.1. The number of rotatable bonds is 6. The van der Waals surface area contributed by atoms with Crippen molar-refractivity contribution in [3.63, 3.8) is 0 Å². The molecule has 0 aliphatic carbocycles. The molecule has 3 rings (SSSR count). The predicted octanol–water partition coefficient (Wildman–Crippen LogP) is 1.87. The lowest BCUT2D eigenvalue weighted by Gasteiger charge is -2.08. The van der Waals surface area contributed by atoms with E-state index in [1.807, 2.05) is 30.3 Å². The largest absolute Gasteiger partial charge is 0.361 e. The second-order valence-electron chi connectivity index (χ2n) is 5.98. The molecule has 2 heterocycles. The van der Waals surface area contributed by atoms with Gasteiger partial charge >= 0.3 is 0 Å². The molecule has 2 aromatic heterocycles. The predicted molar refractivity (Wildman–Crippen MR) is 96.6 cm³/mol. The Balaban J connectivity index is 1.61. The number of aromatic nitrogens is 3. The van der Waals surface area contributed by atoms with Crippen molar-refractivity contribution in [3.8, 4) is 11.3 Å². The van der Waals surface area contributed by atoms with Gasteiger partial charge in [-0.25, -0.2) is 4.68 Å². The Morgan fingerprint density at radius 1 is 1.15 bits per heavy atom. The van der Waals surface area contributed by atoms with Crippen LogP contribution in [0.1, 0.15) is 17.0 Å². The maximum Gasteiger partial charge on any atom is 0.266 e. The molecule has 0 aliphatic heterocycles. The molecule has 1 aromatic carbocycles. The minimum atomic E-state index is -0.204. The smallest absolute Gasteiger partial charge is 0.266 e. The summed E-state index contributed by atoms with van der Waals surface area (Å²) >= 11 is 0. The molecule has 7 heteroatoms. The number of carbonyl (C=O) groups excluding carboxylic acids is 1. The van der Waals surface area contributed by atoms with Gasteiger partial charge in [-0.2, -0.15) is 5.10 Å². The van der Waals surface area contributed by atoms with Crippen molar-refractivity contribution < 1.29 is 9.32 Å². The first-order chi connectivity index (χ1) is 12.5. The molecule has 3 aromatic rings. The highest BCUT2D eigenvalue weighted by Gasteiger charge is 2.13. The molecule has 26 heavy (non-hydrogen) atoms. The molecule has 0 saturated carbocycles. The topological polar surface area (TPSA) is 90.0 Å². The molecule has 1 N–H and O–H groups in total. The first kappa shape index (κ1) is 17.6. The Labute approximate surface area is 150 Å². The molecule has 0 fully saturated rings. The van der Waals surface area contributed by atoms with Crippen LogP contribution >= 0.6 is 0 Å². The number of nitrogens with one attached hydrogen (secondary N) is 1. The fourth-order valence-electron chi connectivity index (χ4n) is 2.65. The summed E-state index contributed by atoms with van der Waals surface area (Å²) in [6.45, 7) is 4.19. The molecule has 0 radical (unpaired) electrons. The number of hydrogen-bond acceptors (Lipinski definition) is 5. The summed E-state index contributed by atoms with van der Waals surface area (Å²) in [5, 5.41) is 11.0. The minimum Gasteiger partial charge on any atom is -0.361 e. The summed E-state index contributed by atoms with van der Waals surface area (Å²) in [6.07, 6.45) is 0.202.